The van der Waals surface area contributed by atoms with Crippen molar-refractivity contribution < 1.29 is 9.90 Å². The van der Waals surface area contributed by atoms with Gasteiger partial charge in [0.1, 0.15) is 5.78 Å². The summed E-state index contributed by atoms with van der Waals surface area (Å²) < 4.78 is 0. The summed E-state index contributed by atoms with van der Waals surface area (Å²) in [6.07, 6.45) is 3.62. The molecule has 0 aromatic carbocycles. The number of carbonyl (C=O) groups is 1. The Balaban J connectivity index is 2.06. The van der Waals surface area contributed by atoms with Crippen molar-refractivity contribution in [3.8, 4) is 0 Å². The molecule has 1 rings (SSSR count). The second-order valence-electron chi connectivity index (χ2n) is 4.68. The Hall–Kier alpha value is -0.410. The van der Waals surface area contributed by atoms with Crippen LogP contribution in [0.4, 0.5) is 0 Å². The lowest BCUT2D eigenvalue weighted by Crippen LogP contribution is -2.30. The molecule has 0 saturated carbocycles. The number of nitrogens with zero attached hydrogens (tertiary/aromatic N) is 1. The van der Waals surface area contributed by atoms with E-state index >= 15 is 0 Å². The van der Waals surface area contributed by atoms with Gasteiger partial charge in [0.25, 0.3) is 0 Å². The number of rotatable bonds is 5. The molecule has 1 atom stereocenters. The Bertz CT molecular complexity index is 201. The van der Waals surface area contributed by atoms with Crippen molar-refractivity contribution in [1.29, 1.82) is 0 Å². The van der Waals surface area contributed by atoms with Gasteiger partial charge in [-0.3, -0.25) is 0 Å². The van der Waals surface area contributed by atoms with Crippen molar-refractivity contribution >= 4 is 5.78 Å². The molecule has 1 aliphatic heterocycles. The summed E-state index contributed by atoms with van der Waals surface area (Å²) in [6.45, 7) is 6.33. The third-order valence-corrected chi connectivity index (χ3v) is 2.78. The van der Waals surface area contributed by atoms with E-state index < -0.39 is 5.60 Å². The molecule has 3 heteroatoms. The Morgan fingerprint density at radius 3 is 2.71 bits per heavy atom. The Morgan fingerprint density at radius 1 is 1.50 bits per heavy atom. The quantitative estimate of drug-likeness (QED) is 0.676. The van der Waals surface area contributed by atoms with E-state index in [0.717, 1.165) is 38.9 Å². The van der Waals surface area contributed by atoms with Gasteiger partial charge in [-0.25, -0.2) is 0 Å². The maximum Gasteiger partial charge on any atom is 0.129 e. The number of aliphatic hydroxyl groups is 1. The molecule has 0 radical (unpaired) electrons. The second kappa shape index (κ2) is 4.89. The third kappa shape index (κ3) is 4.20. The second-order valence-corrected chi connectivity index (χ2v) is 4.68. The van der Waals surface area contributed by atoms with Crippen molar-refractivity contribution in [2.75, 3.05) is 19.6 Å². The molecule has 0 aromatic rings. The van der Waals surface area contributed by atoms with Gasteiger partial charge >= 0.3 is 0 Å². The number of hydrogen-bond donors (Lipinski definition) is 1. The van der Waals surface area contributed by atoms with E-state index in [0.29, 0.717) is 6.42 Å². The first-order chi connectivity index (χ1) is 6.49. The molecule has 0 spiro atoms. The highest BCUT2D eigenvalue weighted by Gasteiger charge is 2.30. The fourth-order valence-electron chi connectivity index (χ4n) is 1.94. The molecule has 0 amide bonds. The normalized spacial score (nSPS) is 28.2. The number of carbonyl (C=O) groups excluding carboxylic acids is 1. The summed E-state index contributed by atoms with van der Waals surface area (Å²) in [4.78, 5) is 13.0. The average molecular weight is 199 g/mol. The highest BCUT2D eigenvalue weighted by Crippen LogP contribution is 2.20. The number of likely N-dealkylation sites (tertiary alicyclic amines) is 1. The van der Waals surface area contributed by atoms with E-state index in [1.54, 1.807) is 6.92 Å². The predicted molar refractivity (Wildman–Crippen MR) is 56.2 cm³/mol. The monoisotopic (exact) mass is 199 g/mol. The number of Topliss-reactive ketones (excluding diaryl/α,β-unsaturated/α-hetero) is 1. The summed E-state index contributed by atoms with van der Waals surface area (Å²) in [5.41, 5.74) is -0.486. The Morgan fingerprint density at radius 2 is 2.21 bits per heavy atom. The minimum absolute atomic E-state index is 0.276. The topological polar surface area (TPSA) is 40.5 Å². The molecule has 14 heavy (non-hydrogen) atoms. The molecule has 1 aliphatic rings. The van der Waals surface area contributed by atoms with Crippen LogP contribution >= 0.6 is 0 Å². The maximum atomic E-state index is 10.7. The predicted octanol–water partition coefficient (Wildman–Crippen LogP) is 1.20. The molecule has 1 saturated heterocycles. The van der Waals surface area contributed by atoms with Crippen molar-refractivity contribution in [1.82, 2.24) is 4.90 Å². The van der Waals surface area contributed by atoms with Crippen LogP contribution in [-0.2, 0) is 4.79 Å². The van der Waals surface area contributed by atoms with E-state index in [1.165, 1.54) is 0 Å². The van der Waals surface area contributed by atoms with Crippen LogP contribution in [0.15, 0.2) is 0 Å². The van der Waals surface area contributed by atoms with Gasteiger partial charge < -0.3 is 14.8 Å². The van der Waals surface area contributed by atoms with Crippen LogP contribution in [0.2, 0.25) is 0 Å². The summed E-state index contributed by atoms with van der Waals surface area (Å²) in [7, 11) is 0. The fraction of sp³-hybridized carbons (Fsp3) is 0.909. The SMILES string of the molecule is CC(=O)CCCCN1CCC(C)(O)C1. The average Bonchev–Trinajstić information content (AvgIpc) is 2.39. The van der Waals surface area contributed by atoms with Crippen molar-refractivity contribution in [2.24, 2.45) is 0 Å². The van der Waals surface area contributed by atoms with Gasteiger partial charge in [0.05, 0.1) is 5.60 Å². The van der Waals surface area contributed by atoms with Crippen LogP contribution in [0.3, 0.4) is 0 Å². The lowest BCUT2D eigenvalue weighted by molar-refractivity contribution is -0.117. The molecule has 0 aliphatic carbocycles. The first-order valence-electron chi connectivity index (χ1n) is 5.44. The van der Waals surface area contributed by atoms with Gasteiger partial charge in [-0.15, -0.1) is 0 Å². The number of hydrogen-bond acceptors (Lipinski definition) is 3. The molecular formula is C11H21NO2. The summed E-state index contributed by atoms with van der Waals surface area (Å²) in [5, 5.41) is 9.71. The van der Waals surface area contributed by atoms with E-state index in [2.05, 4.69) is 4.90 Å². The lowest BCUT2D eigenvalue weighted by atomic mass is 10.1. The molecule has 82 valence electrons. The van der Waals surface area contributed by atoms with Gasteiger partial charge in [0.15, 0.2) is 0 Å². The van der Waals surface area contributed by atoms with Gasteiger partial charge in [0, 0.05) is 19.5 Å². The van der Waals surface area contributed by atoms with E-state index in [4.69, 9.17) is 0 Å². The standard InChI is InChI=1S/C11H21NO2/c1-10(13)5-3-4-7-12-8-6-11(2,14)9-12/h14H,3-9H2,1-2H3. The van der Waals surface area contributed by atoms with Gasteiger partial charge in [-0.2, -0.15) is 0 Å². The molecule has 1 N–H and O–H groups in total. The summed E-state index contributed by atoms with van der Waals surface area (Å²) >= 11 is 0. The first kappa shape index (κ1) is 11.7. The van der Waals surface area contributed by atoms with Crippen LogP contribution in [0, 0.1) is 0 Å². The zero-order chi connectivity index (χ0) is 10.6. The highest BCUT2D eigenvalue weighted by atomic mass is 16.3. The molecule has 1 heterocycles. The molecule has 0 aromatic heterocycles. The van der Waals surface area contributed by atoms with Crippen molar-refractivity contribution in [2.45, 2.75) is 45.1 Å². The van der Waals surface area contributed by atoms with Crippen LogP contribution in [0.1, 0.15) is 39.5 Å². The van der Waals surface area contributed by atoms with Crippen LogP contribution in [0.5, 0.6) is 0 Å². The van der Waals surface area contributed by atoms with Crippen molar-refractivity contribution in [3.63, 3.8) is 0 Å². The Labute approximate surface area is 86.1 Å². The molecular weight excluding hydrogens is 178 g/mol. The van der Waals surface area contributed by atoms with Crippen LogP contribution in [0.25, 0.3) is 0 Å². The highest BCUT2D eigenvalue weighted by molar-refractivity contribution is 5.75. The lowest BCUT2D eigenvalue weighted by Gasteiger charge is -2.18. The van der Waals surface area contributed by atoms with E-state index in [9.17, 15) is 9.90 Å². The summed E-state index contributed by atoms with van der Waals surface area (Å²) in [6, 6.07) is 0. The molecule has 1 unspecified atom stereocenters. The fourth-order valence-corrected chi connectivity index (χ4v) is 1.94. The molecule has 0 bridgehead atoms. The van der Waals surface area contributed by atoms with Crippen LogP contribution < -0.4 is 0 Å². The van der Waals surface area contributed by atoms with E-state index in [1.807, 2.05) is 6.92 Å². The minimum atomic E-state index is -0.486. The number of unbranched alkanes of at least 4 members (excludes halogenated alkanes) is 1. The van der Waals surface area contributed by atoms with Gasteiger partial charge in [-0.05, 0) is 39.7 Å². The molecule has 1 fully saturated rings. The zero-order valence-electron chi connectivity index (χ0n) is 9.25. The molecule has 3 nitrogen and oxygen atoms in total. The largest absolute Gasteiger partial charge is 0.389 e. The first-order valence-corrected chi connectivity index (χ1v) is 5.44. The van der Waals surface area contributed by atoms with Crippen molar-refractivity contribution in [3.05, 3.63) is 0 Å². The van der Waals surface area contributed by atoms with Gasteiger partial charge in [0.2, 0.25) is 0 Å². The number of β-amino-alcohol motifs (C(OH)–C–C–N with tert-alkyl or cyclic N) is 1. The third-order valence-electron chi connectivity index (χ3n) is 2.78. The zero-order valence-corrected chi connectivity index (χ0v) is 9.25. The minimum Gasteiger partial charge on any atom is -0.389 e. The number of ketones is 1. The maximum absolute atomic E-state index is 10.7. The Kier molecular flexibility index (Phi) is 4.08. The van der Waals surface area contributed by atoms with Crippen LogP contribution in [-0.4, -0.2) is 41.0 Å². The smallest absolute Gasteiger partial charge is 0.129 e. The van der Waals surface area contributed by atoms with Gasteiger partial charge in [-0.1, -0.05) is 0 Å². The van der Waals surface area contributed by atoms with E-state index in [-0.39, 0.29) is 5.78 Å². The summed E-state index contributed by atoms with van der Waals surface area (Å²) in [5.74, 6) is 0.276.